The van der Waals surface area contributed by atoms with E-state index < -0.39 is 0 Å². The van der Waals surface area contributed by atoms with Gasteiger partial charge in [-0.05, 0) is 135 Å². The van der Waals surface area contributed by atoms with Gasteiger partial charge in [-0.2, -0.15) is 0 Å². The van der Waals surface area contributed by atoms with Gasteiger partial charge in [0.05, 0.1) is 33.0 Å². The van der Waals surface area contributed by atoms with Crippen molar-refractivity contribution in [2.45, 2.75) is 57.4 Å². The Morgan fingerprint density at radius 3 is 1.60 bits per heavy atom. The summed E-state index contributed by atoms with van der Waals surface area (Å²) in [6, 6.07) is 70.1. The number of benzene rings is 8. The lowest BCUT2D eigenvalue weighted by molar-refractivity contribution is 0.195. The molecule has 5 heteroatoms. The quantitative estimate of drug-likeness (QED) is 0.152. The molecule has 0 amide bonds. The third kappa shape index (κ3) is 5.95. The summed E-state index contributed by atoms with van der Waals surface area (Å²) in [5, 5.41) is 3.15. The number of nitrogens with zero attached hydrogens (tertiary/aromatic N) is 4. The Balaban J connectivity index is 1.09. The third-order valence-corrected chi connectivity index (χ3v) is 14.4. The van der Waals surface area contributed by atoms with E-state index in [-0.39, 0.29) is 11.0 Å². The molecule has 0 saturated heterocycles. The Bertz CT molecular complexity index is 3050. The fourth-order valence-corrected chi connectivity index (χ4v) is 11.2. The summed E-state index contributed by atoms with van der Waals surface area (Å²) in [4.78, 5) is 7.32. The number of para-hydroxylation sites is 5. The van der Waals surface area contributed by atoms with E-state index in [0.29, 0.717) is 5.02 Å². The molecule has 1 saturated carbocycles. The van der Waals surface area contributed by atoms with Gasteiger partial charge in [0.1, 0.15) is 0 Å². The molecule has 2 aliphatic rings. The van der Waals surface area contributed by atoms with Crippen molar-refractivity contribution in [2.75, 3.05) is 14.7 Å². The van der Waals surface area contributed by atoms with E-state index in [2.05, 4.69) is 234 Å². The normalized spacial score (nSPS) is 18.2. The molecule has 0 spiro atoms. The van der Waals surface area contributed by atoms with Crippen molar-refractivity contribution in [1.29, 1.82) is 0 Å². The monoisotopic (exact) mass is 824 g/mol. The molecule has 304 valence electrons. The molecule has 1 aromatic heterocycles. The molecule has 0 N–H and O–H groups in total. The number of rotatable bonds is 8. The molecule has 2 unspecified atom stereocenters. The van der Waals surface area contributed by atoms with Crippen LogP contribution in [0.2, 0.25) is 5.02 Å². The van der Waals surface area contributed by atoms with Crippen LogP contribution in [0.4, 0.5) is 45.5 Å². The maximum Gasteiger partial charge on any atom is 0.0887 e. The maximum atomic E-state index is 7.95. The van der Waals surface area contributed by atoms with Gasteiger partial charge in [0.2, 0.25) is 0 Å². The van der Waals surface area contributed by atoms with E-state index in [1.165, 1.54) is 51.6 Å². The molecule has 0 radical (unpaired) electrons. The van der Waals surface area contributed by atoms with Crippen molar-refractivity contribution in [3.05, 3.63) is 210 Å². The number of halogens is 1. The van der Waals surface area contributed by atoms with Gasteiger partial charge >= 0.3 is 0 Å². The topological polar surface area (TPSA) is 14.7 Å². The van der Waals surface area contributed by atoms with Gasteiger partial charge in [-0.25, -0.2) is 0 Å². The first kappa shape index (κ1) is 38.2. The van der Waals surface area contributed by atoms with Gasteiger partial charge in [0.25, 0.3) is 0 Å². The van der Waals surface area contributed by atoms with Gasteiger partial charge in [0.15, 0.2) is 0 Å². The van der Waals surface area contributed by atoms with Crippen LogP contribution >= 0.6 is 11.6 Å². The molecule has 1 aliphatic heterocycles. The van der Waals surface area contributed by atoms with Gasteiger partial charge in [0, 0.05) is 56.0 Å². The first-order valence-electron chi connectivity index (χ1n) is 21.9. The molecule has 1 fully saturated rings. The number of hydrogen-bond acceptors (Lipinski definition) is 3. The number of anilines is 8. The average molecular weight is 825 g/mol. The minimum absolute atomic E-state index is 0.0398. The Labute approximate surface area is 369 Å². The van der Waals surface area contributed by atoms with Crippen LogP contribution in [0.5, 0.6) is 0 Å². The van der Waals surface area contributed by atoms with E-state index in [1.807, 2.05) is 0 Å². The summed E-state index contributed by atoms with van der Waals surface area (Å²) in [6.45, 7) is 7.18. The maximum absolute atomic E-state index is 7.95. The highest BCUT2D eigenvalue weighted by Crippen LogP contribution is 2.62. The van der Waals surface area contributed by atoms with Crippen molar-refractivity contribution in [3.63, 3.8) is 0 Å². The highest BCUT2D eigenvalue weighted by atomic mass is 35.5. The van der Waals surface area contributed by atoms with E-state index in [4.69, 9.17) is 11.6 Å². The predicted molar refractivity (Wildman–Crippen MR) is 263 cm³/mol. The molecule has 1 aliphatic carbocycles. The summed E-state index contributed by atoms with van der Waals surface area (Å²) >= 11 is 7.95. The summed E-state index contributed by atoms with van der Waals surface area (Å²) < 4.78 is 2.38. The van der Waals surface area contributed by atoms with Crippen LogP contribution in [0.1, 0.15) is 50.7 Å². The van der Waals surface area contributed by atoms with Gasteiger partial charge in [-0.15, -0.1) is 0 Å². The summed E-state index contributed by atoms with van der Waals surface area (Å²) in [5.41, 5.74) is 14.5. The lowest BCUT2D eigenvalue weighted by Gasteiger charge is -2.50. The van der Waals surface area contributed by atoms with Crippen LogP contribution in [0.25, 0.3) is 27.5 Å². The molecule has 0 bridgehead atoms. The highest BCUT2D eigenvalue weighted by molar-refractivity contribution is 6.36. The SMILES string of the molecule is Cc1cc(N(c2ccccc2)c2cccc(-n3c4ccccc4c4ccccc43)c2)c(Cl)c(N(c2ccccc2)c2ccc3c(c2)C2(C)CCCCC2(C)N3c2ccccc2)c1. The number of hydrogen-bond donors (Lipinski definition) is 0. The van der Waals surface area contributed by atoms with Crippen LogP contribution in [0, 0.1) is 6.92 Å². The smallest absolute Gasteiger partial charge is 0.0887 e. The minimum atomic E-state index is -0.0523. The average Bonchev–Trinajstić information content (AvgIpc) is 3.75. The van der Waals surface area contributed by atoms with E-state index in [1.54, 1.807) is 0 Å². The molecule has 2 heterocycles. The van der Waals surface area contributed by atoms with Crippen molar-refractivity contribution in [3.8, 4) is 5.69 Å². The van der Waals surface area contributed by atoms with Gasteiger partial charge in [-0.3, -0.25) is 0 Å². The summed E-state index contributed by atoms with van der Waals surface area (Å²) in [6.07, 6.45) is 4.74. The fourth-order valence-electron chi connectivity index (χ4n) is 10.9. The zero-order valence-corrected chi connectivity index (χ0v) is 36.2. The van der Waals surface area contributed by atoms with Gasteiger partial charge < -0.3 is 19.3 Å². The van der Waals surface area contributed by atoms with Crippen molar-refractivity contribution in [2.24, 2.45) is 0 Å². The zero-order valence-electron chi connectivity index (χ0n) is 35.5. The van der Waals surface area contributed by atoms with Crippen LogP contribution in [0.3, 0.4) is 0 Å². The third-order valence-electron chi connectivity index (χ3n) is 14.0. The molecular formula is C57H49ClN4. The second-order valence-corrected chi connectivity index (χ2v) is 17.9. The summed E-state index contributed by atoms with van der Waals surface area (Å²) in [5.74, 6) is 0. The molecule has 62 heavy (non-hydrogen) atoms. The van der Waals surface area contributed by atoms with Crippen LogP contribution in [-0.4, -0.2) is 10.1 Å². The molecule has 4 nitrogen and oxygen atoms in total. The van der Waals surface area contributed by atoms with Crippen LogP contribution < -0.4 is 14.7 Å². The Morgan fingerprint density at radius 2 is 0.984 bits per heavy atom. The van der Waals surface area contributed by atoms with E-state index in [0.717, 1.165) is 58.2 Å². The van der Waals surface area contributed by atoms with Crippen molar-refractivity contribution >= 4 is 78.9 Å². The second kappa shape index (κ2) is 15.0. The van der Waals surface area contributed by atoms with Crippen molar-refractivity contribution in [1.82, 2.24) is 4.57 Å². The number of aromatic nitrogens is 1. The predicted octanol–water partition coefficient (Wildman–Crippen LogP) is 16.4. The standard InChI is InChI=1S/C57H49ClN4/c1-40-36-53(59(41-20-7-4-8-21-41)44-26-19-27-45(38-44)61-50-30-15-13-28-47(50)48-29-14-16-31-51(48)61)55(58)54(37-40)60(42-22-9-5-10-23-42)46-32-33-52-49(39-46)56(2)34-17-18-35-57(56,3)62(52)43-24-11-6-12-25-43/h4-16,19-33,36-39H,17-18,34-35H2,1-3H3. The van der Waals surface area contributed by atoms with Gasteiger partial charge in [-0.1, -0.05) is 128 Å². The first-order valence-corrected chi connectivity index (χ1v) is 22.3. The Morgan fingerprint density at radius 1 is 0.484 bits per heavy atom. The lowest BCUT2D eigenvalue weighted by atomic mass is 9.61. The zero-order chi connectivity index (χ0) is 42.0. The minimum Gasteiger partial charge on any atom is -0.334 e. The number of fused-ring (bicyclic) bond motifs is 6. The second-order valence-electron chi connectivity index (χ2n) is 17.5. The largest absolute Gasteiger partial charge is 0.334 e. The highest BCUT2D eigenvalue weighted by Gasteiger charge is 2.57. The Hall–Kier alpha value is -6.75. The molecular weight excluding hydrogens is 776 g/mol. The molecule has 2 atom stereocenters. The van der Waals surface area contributed by atoms with Crippen LogP contribution in [-0.2, 0) is 5.41 Å². The molecule has 9 aromatic rings. The van der Waals surface area contributed by atoms with Crippen LogP contribution in [0.15, 0.2) is 194 Å². The van der Waals surface area contributed by atoms with E-state index >= 15 is 0 Å². The lowest BCUT2D eigenvalue weighted by Crippen LogP contribution is -2.54. The number of aryl methyl sites for hydroxylation is 1. The van der Waals surface area contributed by atoms with Crippen molar-refractivity contribution < 1.29 is 0 Å². The molecule has 11 rings (SSSR count). The molecule has 8 aromatic carbocycles. The summed E-state index contributed by atoms with van der Waals surface area (Å²) in [7, 11) is 0. The first-order chi connectivity index (χ1) is 30.3. The Kier molecular flexibility index (Phi) is 9.24. The van der Waals surface area contributed by atoms with E-state index in [9.17, 15) is 0 Å². The fraction of sp³-hybridized carbons (Fsp3) is 0.158.